The molecule has 0 heterocycles. The predicted molar refractivity (Wildman–Crippen MR) is 82.5 cm³/mol. The first kappa shape index (κ1) is 13.4. The van der Waals surface area contributed by atoms with E-state index in [9.17, 15) is 0 Å². The topological polar surface area (TPSA) is 0 Å². The van der Waals surface area contributed by atoms with Crippen molar-refractivity contribution in [3.8, 4) is 0 Å². The summed E-state index contributed by atoms with van der Waals surface area (Å²) in [6.07, 6.45) is 1.04. The minimum atomic E-state index is 0.388. The maximum Gasteiger partial charge on any atom is 0.0438 e. The van der Waals surface area contributed by atoms with Gasteiger partial charge in [-0.05, 0) is 49.4 Å². The Balaban J connectivity index is 2.24. The predicted octanol–water partition coefficient (Wildman–Crippen LogP) is 5.29. The van der Waals surface area contributed by atoms with E-state index in [-0.39, 0.29) is 0 Å². The van der Waals surface area contributed by atoms with Gasteiger partial charge in [0.1, 0.15) is 0 Å². The Morgan fingerprint density at radius 3 is 2.39 bits per heavy atom. The van der Waals surface area contributed by atoms with Crippen molar-refractivity contribution in [3.05, 3.63) is 70.3 Å². The number of aryl methyl sites for hydroxylation is 3. The molecule has 0 aromatic heterocycles. The molecule has 0 radical (unpaired) electrons. The summed E-state index contributed by atoms with van der Waals surface area (Å²) >= 11 is 3.83. The smallest absolute Gasteiger partial charge is 0.0438 e. The van der Waals surface area contributed by atoms with Crippen LogP contribution in [0.3, 0.4) is 0 Å². The van der Waals surface area contributed by atoms with E-state index in [2.05, 4.69) is 79.2 Å². The van der Waals surface area contributed by atoms with Crippen LogP contribution in [0.15, 0.2) is 42.5 Å². The zero-order valence-corrected chi connectivity index (χ0v) is 12.8. The van der Waals surface area contributed by atoms with E-state index in [0.717, 1.165) is 6.42 Å². The highest BCUT2D eigenvalue weighted by atomic mass is 79.9. The van der Waals surface area contributed by atoms with E-state index in [1.54, 1.807) is 0 Å². The minimum Gasteiger partial charge on any atom is -0.0835 e. The van der Waals surface area contributed by atoms with Crippen LogP contribution < -0.4 is 0 Å². The first-order valence-electron chi connectivity index (χ1n) is 6.33. The molecule has 1 atom stereocenters. The molecule has 2 rings (SSSR count). The minimum absolute atomic E-state index is 0.388. The largest absolute Gasteiger partial charge is 0.0835 e. The van der Waals surface area contributed by atoms with Gasteiger partial charge in [0.05, 0.1) is 0 Å². The molecule has 2 aromatic rings. The number of rotatable bonds is 3. The molecule has 1 heteroatoms. The zero-order valence-electron chi connectivity index (χ0n) is 11.2. The lowest BCUT2D eigenvalue weighted by atomic mass is 9.97. The average molecular weight is 303 g/mol. The highest BCUT2D eigenvalue weighted by Crippen LogP contribution is 2.30. The van der Waals surface area contributed by atoms with Crippen LogP contribution >= 0.6 is 15.9 Å². The second kappa shape index (κ2) is 5.71. The number of hydrogen-bond acceptors (Lipinski definition) is 0. The van der Waals surface area contributed by atoms with Crippen molar-refractivity contribution >= 4 is 15.9 Å². The Hall–Kier alpha value is -1.08. The van der Waals surface area contributed by atoms with Gasteiger partial charge in [-0.15, -0.1) is 0 Å². The molecule has 0 spiro atoms. The van der Waals surface area contributed by atoms with E-state index in [4.69, 9.17) is 0 Å². The van der Waals surface area contributed by atoms with Gasteiger partial charge in [0, 0.05) is 4.83 Å². The van der Waals surface area contributed by atoms with Gasteiger partial charge in [-0.25, -0.2) is 0 Å². The van der Waals surface area contributed by atoms with Gasteiger partial charge < -0.3 is 0 Å². The molecule has 0 aliphatic carbocycles. The molecule has 0 bridgehead atoms. The van der Waals surface area contributed by atoms with Crippen LogP contribution in [-0.2, 0) is 6.42 Å². The Kier molecular flexibility index (Phi) is 4.23. The molecule has 0 saturated heterocycles. The summed E-state index contributed by atoms with van der Waals surface area (Å²) in [5.41, 5.74) is 6.88. The van der Waals surface area contributed by atoms with Crippen molar-refractivity contribution in [2.24, 2.45) is 0 Å². The molecular formula is C17H19Br. The maximum atomic E-state index is 3.83. The van der Waals surface area contributed by atoms with Crippen molar-refractivity contribution in [1.82, 2.24) is 0 Å². The summed E-state index contributed by atoms with van der Waals surface area (Å²) < 4.78 is 0. The van der Waals surface area contributed by atoms with Crippen molar-refractivity contribution in [2.45, 2.75) is 32.0 Å². The fraction of sp³-hybridized carbons (Fsp3) is 0.294. The van der Waals surface area contributed by atoms with Crippen LogP contribution in [0.5, 0.6) is 0 Å². The zero-order chi connectivity index (χ0) is 13.1. The summed E-state index contributed by atoms with van der Waals surface area (Å²) in [6, 6.07) is 15.3. The molecule has 1 unspecified atom stereocenters. The number of halogens is 1. The van der Waals surface area contributed by atoms with E-state index >= 15 is 0 Å². The summed E-state index contributed by atoms with van der Waals surface area (Å²) in [5.74, 6) is 0. The van der Waals surface area contributed by atoms with Crippen LogP contribution in [0, 0.1) is 20.8 Å². The summed E-state index contributed by atoms with van der Waals surface area (Å²) in [5, 5.41) is 0. The van der Waals surface area contributed by atoms with E-state index in [0.29, 0.717) is 4.83 Å². The molecule has 2 aromatic carbocycles. The molecule has 0 N–H and O–H groups in total. The first-order valence-corrected chi connectivity index (χ1v) is 7.25. The normalized spacial score (nSPS) is 12.4. The van der Waals surface area contributed by atoms with E-state index < -0.39 is 0 Å². The van der Waals surface area contributed by atoms with Crippen LogP contribution in [-0.4, -0.2) is 0 Å². The number of alkyl halides is 1. The van der Waals surface area contributed by atoms with Gasteiger partial charge in [-0.3, -0.25) is 0 Å². The monoisotopic (exact) mass is 302 g/mol. The third-order valence-electron chi connectivity index (χ3n) is 3.43. The Morgan fingerprint density at radius 2 is 1.67 bits per heavy atom. The highest BCUT2D eigenvalue weighted by Gasteiger charge is 2.11. The van der Waals surface area contributed by atoms with Crippen LogP contribution in [0.2, 0.25) is 0 Å². The summed E-state index contributed by atoms with van der Waals surface area (Å²) in [7, 11) is 0. The second-order valence-electron chi connectivity index (χ2n) is 4.96. The first-order chi connectivity index (χ1) is 8.58. The highest BCUT2D eigenvalue weighted by molar-refractivity contribution is 9.09. The second-order valence-corrected chi connectivity index (χ2v) is 6.06. The Labute approximate surface area is 118 Å². The fourth-order valence-electron chi connectivity index (χ4n) is 2.26. The van der Waals surface area contributed by atoms with Crippen LogP contribution in [0.4, 0.5) is 0 Å². The molecule has 0 fully saturated rings. The third-order valence-corrected chi connectivity index (χ3v) is 4.25. The SMILES string of the molecule is Cc1ccc(C)c(CC(Br)c2ccccc2C)c1. The summed E-state index contributed by atoms with van der Waals surface area (Å²) in [4.78, 5) is 0.388. The molecule has 0 aliphatic heterocycles. The lowest BCUT2D eigenvalue weighted by Crippen LogP contribution is -2.00. The maximum absolute atomic E-state index is 3.83. The molecule has 0 nitrogen and oxygen atoms in total. The van der Waals surface area contributed by atoms with Gasteiger partial charge in [0.25, 0.3) is 0 Å². The van der Waals surface area contributed by atoms with Gasteiger partial charge in [0.15, 0.2) is 0 Å². The third kappa shape index (κ3) is 3.02. The van der Waals surface area contributed by atoms with Crippen molar-refractivity contribution < 1.29 is 0 Å². The molecule has 94 valence electrons. The Bertz CT molecular complexity index is 543. The molecule has 0 aliphatic rings. The molecular weight excluding hydrogens is 284 g/mol. The number of hydrogen-bond donors (Lipinski definition) is 0. The lowest BCUT2D eigenvalue weighted by Gasteiger charge is -2.15. The summed E-state index contributed by atoms with van der Waals surface area (Å²) in [6.45, 7) is 6.51. The Morgan fingerprint density at radius 1 is 0.944 bits per heavy atom. The van der Waals surface area contributed by atoms with E-state index in [1.165, 1.54) is 27.8 Å². The van der Waals surface area contributed by atoms with E-state index in [1.807, 2.05) is 0 Å². The van der Waals surface area contributed by atoms with Gasteiger partial charge in [-0.1, -0.05) is 64.0 Å². The lowest BCUT2D eigenvalue weighted by molar-refractivity contribution is 0.927. The average Bonchev–Trinajstić information content (AvgIpc) is 2.34. The molecule has 0 saturated carbocycles. The van der Waals surface area contributed by atoms with Crippen molar-refractivity contribution in [3.63, 3.8) is 0 Å². The fourth-order valence-corrected chi connectivity index (χ4v) is 3.12. The number of benzene rings is 2. The standard InChI is InChI=1S/C17H19Br/c1-12-8-9-13(2)15(10-12)11-17(18)16-7-5-4-6-14(16)3/h4-10,17H,11H2,1-3H3. The van der Waals surface area contributed by atoms with Gasteiger partial charge in [-0.2, -0.15) is 0 Å². The van der Waals surface area contributed by atoms with Gasteiger partial charge >= 0.3 is 0 Å². The van der Waals surface area contributed by atoms with Crippen LogP contribution in [0.1, 0.15) is 32.6 Å². The molecule has 0 amide bonds. The van der Waals surface area contributed by atoms with Crippen molar-refractivity contribution in [2.75, 3.05) is 0 Å². The quantitative estimate of drug-likeness (QED) is 0.676. The van der Waals surface area contributed by atoms with Gasteiger partial charge in [0.2, 0.25) is 0 Å². The van der Waals surface area contributed by atoms with Crippen LogP contribution in [0.25, 0.3) is 0 Å². The molecule has 18 heavy (non-hydrogen) atoms. The van der Waals surface area contributed by atoms with Crippen molar-refractivity contribution in [1.29, 1.82) is 0 Å².